The summed E-state index contributed by atoms with van der Waals surface area (Å²) in [5.41, 5.74) is 5.79. The fourth-order valence-corrected chi connectivity index (χ4v) is 5.72. The van der Waals surface area contributed by atoms with Gasteiger partial charge in [0.15, 0.2) is 0 Å². The average molecular weight is 393 g/mol. The molecule has 0 bridgehead atoms. The minimum Gasteiger partial charge on any atom is -0.354 e. The lowest BCUT2D eigenvalue weighted by molar-refractivity contribution is 0.260. The zero-order chi connectivity index (χ0) is 19.1. The van der Waals surface area contributed by atoms with Crippen molar-refractivity contribution >= 4 is 28.5 Å². The summed E-state index contributed by atoms with van der Waals surface area (Å²) in [5, 5.41) is 1.48. The van der Waals surface area contributed by atoms with Crippen molar-refractivity contribution in [1.29, 1.82) is 0 Å². The summed E-state index contributed by atoms with van der Waals surface area (Å²) in [7, 11) is 0. The monoisotopic (exact) mass is 392 g/mol. The zero-order valence-electron chi connectivity index (χ0n) is 16.8. The number of nitrogens with zero attached hydrogens (tertiary/aromatic N) is 4. The van der Waals surface area contributed by atoms with Gasteiger partial charge in [-0.25, -0.2) is 4.98 Å². The lowest BCUT2D eigenvalue weighted by Crippen LogP contribution is -2.47. The van der Waals surface area contributed by atoms with Crippen LogP contribution in [0.15, 0.2) is 41.4 Å². The van der Waals surface area contributed by atoms with Crippen molar-refractivity contribution < 1.29 is 0 Å². The van der Waals surface area contributed by atoms with Crippen LogP contribution >= 0.6 is 11.8 Å². The van der Waals surface area contributed by atoms with E-state index in [1.807, 2.05) is 18.0 Å². The molecule has 0 N–H and O–H groups in total. The van der Waals surface area contributed by atoms with Gasteiger partial charge in [0, 0.05) is 67.2 Å². The van der Waals surface area contributed by atoms with Crippen LogP contribution in [-0.4, -0.2) is 52.9 Å². The van der Waals surface area contributed by atoms with E-state index >= 15 is 0 Å². The van der Waals surface area contributed by atoms with E-state index in [0.29, 0.717) is 0 Å². The van der Waals surface area contributed by atoms with Gasteiger partial charge in [0.05, 0.1) is 5.52 Å². The summed E-state index contributed by atoms with van der Waals surface area (Å²) in [5.74, 6) is 2.32. The van der Waals surface area contributed by atoms with Crippen molar-refractivity contribution in [2.24, 2.45) is 0 Å². The Hall–Kier alpha value is -1.98. The van der Waals surface area contributed by atoms with Gasteiger partial charge in [0.25, 0.3) is 0 Å². The number of aromatic nitrogens is 2. The minimum absolute atomic E-state index is 1.07. The molecule has 1 saturated heterocycles. The second kappa shape index (κ2) is 7.45. The van der Waals surface area contributed by atoms with E-state index in [1.54, 1.807) is 5.56 Å². The first kappa shape index (κ1) is 18.1. The summed E-state index contributed by atoms with van der Waals surface area (Å²) < 4.78 is 2.55. The van der Waals surface area contributed by atoms with Crippen LogP contribution < -0.4 is 4.90 Å². The van der Waals surface area contributed by atoms with Gasteiger partial charge in [-0.3, -0.25) is 4.90 Å². The predicted molar refractivity (Wildman–Crippen MR) is 119 cm³/mol. The fraction of sp³-hybridized carbons (Fsp3) is 0.435. The Morgan fingerprint density at radius 3 is 2.71 bits per heavy atom. The van der Waals surface area contributed by atoms with E-state index in [-0.39, 0.29) is 0 Å². The topological polar surface area (TPSA) is 24.3 Å². The molecule has 5 rings (SSSR count). The number of hydrogen-bond donors (Lipinski definition) is 0. The van der Waals surface area contributed by atoms with Crippen molar-refractivity contribution in [3.63, 3.8) is 0 Å². The van der Waals surface area contributed by atoms with Crippen molar-refractivity contribution in [1.82, 2.24) is 14.5 Å². The first-order valence-electron chi connectivity index (χ1n) is 10.3. The summed E-state index contributed by atoms with van der Waals surface area (Å²) in [6.45, 7) is 11.1. The fourth-order valence-electron chi connectivity index (χ4n) is 4.69. The lowest BCUT2D eigenvalue weighted by atomic mass is 10.1. The highest BCUT2D eigenvalue weighted by Gasteiger charge is 2.22. The van der Waals surface area contributed by atoms with E-state index in [9.17, 15) is 0 Å². The number of piperazine rings is 1. The van der Waals surface area contributed by atoms with Crippen LogP contribution in [0.2, 0.25) is 0 Å². The average Bonchev–Trinajstić information content (AvgIpc) is 3.00. The molecule has 1 fully saturated rings. The summed E-state index contributed by atoms with van der Waals surface area (Å²) >= 11 is 2.01. The number of thioether (sulfide) groups is 1. The van der Waals surface area contributed by atoms with Crippen LogP contribution in [0.1, 0.15) is 16.8 Å². The molecule has 5 heteroatoms. The first-order valence-corrected chi connectivity index (χ1v) is 11.3. The Morgan fingerprint density at radius 1 is 1.04 bits per heavy atom. The molecule has 2 aromatic heterocycles. The standard InChI is InChI=1S/C23H28N4S/c1-17-6-8-24-22(16-17)26-12-10-25(11-13-26)9-7-19-18(2)27-14-15-28-21-5-3-4-20(19)23(21)27/h3-6,8,16H,7,9-15H2,1-2H3. The third-order valence-corrected chi connectivity index (χ3v) is 7.31. The minimum atomic E-state index is 1.07. The van der Waals surface area contributed by atoms with Crippen LogP contribution in [0.5, 0.6) is 0 Å². The van der Waals surface area contributed by atoms with Gasteiger partial charge >= 0.3 is 0 Å². The van der Waals surface area contributed by atoms with E-state index in [0.717, 1.165) is 51.5 Å². The molecule has 3 aromatic rings. The second-order valence-corrected chi connectivity index (χ2v) is 9.12. The number of rotatable bonds is 4. The quantitative estimate of drug-likeness (QED) is 0.667. The van der Waals surface area contributed by atoms with E-state index in [4.69, 9.17) is 0 Å². The summed E-state index contributed by atoms with van der Waals surface area (Å²) in [6, 6.07) is 11.1. The van der Waals surface area contributed by atoms with Gasteiger partial charge in [-0.15, -0.1) is 11.8 Å². The molecule has 0 unspecified atom stereocenters. The maximum Gasteiger partial charge on any atom is 0.128 e. The lowest BCUT2D eigenvalue weighted by Gasteiger charge is -2.35. The number of benzene rings is 1. The van der Waals surface area contributed by atoms with Crippen molar-refractivity contribution in [3.8, 4) is 0 Å². The second-order valence-electron chi connectivity index (χ2n) is 7.99. The molecule has 146 valence electrons. The first-order chi connectivity index (χ1) is 13.7. The smallest absolute Gasteiger partial charge is 0.128 e. The molecular weight excluding hydrogens is 364 g/mol. The Labute approximate surface area is 171 Å². The maximum absolute atomic E-state index is 4.56. The molecule has 0 amide bonds. The van der Waals surface area contributed by atoms with Gasteiger partial charge in [-0.1, -0.05) is 12.1 Å². The van der Waals surface area contributed by atoms with Crippen LogP contribution in [0.25, 0.3) is 10.9 Å². The van der Waals surface area contributed by atoms with E-state index < -0.39 is 0 Å². The molecule has 0 saturated carbocycles. The predicted octanol–water partition coefficient (Wildman–Crippen LogP) is 4.12. The highest BCUT2D eigenvalue weighted by Crippen LogP contribution is 2.37. The van der Waals surface area contributed by atoms with Crippen LogP contribution in [0.3, 0.4) is 0 Å². The Kier molecular flexibility index (Phi) is 4.81. The molecule has 4 heterocycles. The summed E-state index contributed by atoms with van der Waals surface area (Å²) in [6.07, 6.45) is 3.07. The van der Waals surface area contributed by atoms with Gasteiger partial charge in [-0.05, 0) is 49.6 Å². The molecule has 1 aromatic carbocycles. The highest BCUT2D eigenvalue weighted by molar-refractivity contribution is 7.99. The molecule has 2 aliphatic heterocycles. The molecule has 4 nitrogen and oxygen atoms in total. The van der Waals surface area contributed by atoms with Gasteiger partial charge in [0.1, 0.15) is 5.82 Å². The molecule has 2 aliphatic rings. The maximum atomic E-state index is 4.56. The number of hydrogen-bond acceptors (Lipinski definition) is 4. The van der Waals surface area contributed by atoms with E-state index in [1.165, 1.54) is 32.8 Å². The Balaban J connectivity index is 1.27. The van der Waals surface area contributed by atoms with Gasteiger partial charge < -0.3 is 9.47 Å². The number of pyridine rings is 1. The largest absolute Gasteiger partial charge is 0.354 e. The molecular formula is C23H28N4S. The summed E-state index contributed by atoms with van der Waals surface area (Å²) in [4.78, 5) is 11.1. The van der Waals surface area contributed by atoms with Crippen molar-refractivity contribution in [3.05, 3.63) is 53.3 Å². The van der Waals surface area contributed by atoms with Crippen LogP contribution in [-0.2, 0) is 13.0 Å². The Bertz CT molecular complexity index is 1000. The third kappa shape index (κ3) is 3.20. The van der Waals surface area contributed by atoms with Crippen LogP contribution in [0, 0.1) is 13.8 Å². The molecule has 0 spiro atoms. The number of para-hydroxylation sites is 1. The molecule has 28 heavy (non-hydrogen) atoms. The molecule has 0 aliphatic carbocycles. The van der Waals surface area contributed by atoms with Gasteiger partial charge in [0.2, 0.25) is 0 Å². The van der Waals surface area contributed by atoms with Gasteiger partial charge in [-0.2, -0.15) is 0 Å². The molecule has 0 radical (unpaired) electrons. The third-order valence-electron chi connectivity index (χ3n) is 6.28. The van der Waals surface area contributed by atoms with Crippen LogP contribution in [0.4, 0.5) is 5.82 Å². The Morgan fingerprint density at radius 2 is 1.89 bits per heavy atom. The van der Waals surface area contributed by atoms with Crippen molar-refractivity contribution in [2.75, 3.05) is 43.4 Å². The van der Waals surface area contributed by atoms with Crippen molar-refractivity contribution in [2.45, 2.75) is 31.7 Å². The molecule has 0 atom stereocenters. The number of anilines is 1. The SMILES string of the molecule is Cc1ccnc(N2CCN(CCc3c(C)n4c5c(cccc35)SCC4)CC2)c1. The highest BCUT2D eigenvalue weighted by atomic mass is 32.2. The van der Waals surface area contributed by atoms with E-state index in [2.05, 4.69) is 63.5 Å². The normalized spacial score (nSPS) is 17.4. The zero-order valence-corrected chi connectivity index (χ0v) is 17.6. The number of aryl methyl sites for hydroxylation is 2.